The maximum Gasteiger partial charge on any atom is 0.433 e. The minimum absolute atomic E-state index is 0.0281. The second-order valence-electron chi connectivity index (χ2n) is 4.62. The molecular weight excluding hydrogens is 300 g/mol. The van der Waals surface area contributed by atoms with Gasteiger partial charge in [-0.05, 0) is 17.7 Å². The molecule has 1 aromatic carbocycles. The Labute approximate surface area is 114 Å². The number of nitrogens with zero attached hydrogens (tertiary/aromatic N) is 1. The standard InChI is InChI=1S/C13H7F6NO/c14-12(15,16)8-3-1-2-6-7(9-5-21-9)4-10(13(17,18)19)20-11(6)8/h1-4,9H,5H2/t9-/m0/s1. The van der Waals surface area contributed by atoms with Crippen LogP contribution >= 0.6 is 0 Å². The van der Waals surface area contributed by atoms with Crippen LogP contribution in [0.1, 0.15) is 22.9 Å². The summed E-state index contributed by atoms with van der Waals surface area (Å²) in [5.41, 5.74) is -3.16. The van der Waals surface area contributed by atoms with Gasteiger partial charge in [-0.25, -0.2) is 4.98 Å². The first-order valence-corrected chi connectivity index (χ1v) is 5.87. The molecule has 21 heavy (non-hydrogen) atoms. The van der Waals surface area contributed by atoms with E-state index in [9.17, 15) is 26.3 Å². The van der Waals surface area contributed by atoms with Crippen molar-refractivity contribution in [2.45, 2.75) is 18.5 Å². The van der Waals surface area contributed by atoms with Crippen LogP contribution in [0.4, 0.5) is 26.3 Å². The molecule has 2 nitrogen and oxygen atoms in total. The average Bonchev–Trinajstić information content (AvgIpc) is 3.18. The van der Waals surface area contributed by atoms with E-state index in [1.807, 2.05) is 0 Å². The second kappa shape index (κ2) is 4.33. The van der Waals surface area contributed by atoms with E-state index in [0.717, 1.165) is 12.1 Å². The smallest absolute Gasteiger partial charge is 0.368 e. The van der Waals surface area contributed by atoms with Crippen molar-refractivity contribution < 1.29 is 31.1 Å². The zero-order chi connectivity index (χ0) is 15.4. The Morgan fingerprint density at radius 1 is 1.05 bits per heavy atom. The van der Waals surface area contributed by atoms with Crippen LogP contribution in [0.15, 0.2) is 24.3 Å². The number of hydrogen-bond acceptors (Lipinski definition) is 2. The molecule has 2 heterocycles. The van der Waals surface area contributed by atoms with E-state index in [1.165, 1.54) is 6.07 Å². The second-order valence-corrected chi connectivity index (χ2v) is 4.62. The molecule has 0 bridgehead atoms. The lowest BCUT2D eigenvalue weighted by atomic mass is 10.0. The molecule has 1 aliphatic heterocycles. The normalized spacial score (nSPS) is 19.0. The monoisotopic (exact) mass is 307 g/mol. The molecule has 8 heteroatoms. The molecule has 0 amide bonds. The summed E-state index contributed by atoms with van der Waals surface area (Å²) in [7, 11) is 0. The molecule has 112 valence electrons. The van der Waals surface area contributed by atoms with Gasteiger partial charge in [-0.1, -0.05) is 12.1 Å². The highest BCUT2D eigenvalue weighted by Crippen LogP contribution is 2.41. The third-order valence-electron chi connectivity index (χ3n) is 3.15. The van der Waals surface area contributed by atoms with Crippen molar-refractivity contribution in [3.05, 3.63) is 41.1 Å². The van der Waals surface area contributed by atoms with Crippen LogP contribution in [-0.4, -0.2) is 11.6 Å². The van der Waals surface area contributed by atoms with Gasteiger partial charge in [0.25, 0.3) is 0 Å². The lowest BCUT2D eigenvalue weighted by molar-refractivity contribution is -0.142. The zero-order valence-corrected chi connectivity index (χ0v) is 10.2. The molecule has 0 unspecified atom stereocenters. The Balaban J connectivity index is 2.35. The van der Waals surface area contributed by atoms with Gasteiger partial charge in [0, 0.05) is 5.39 Å². The number of alkyl halides is 6. The Morgan fingerprint density at radius 3 is 2.24 bits per heavy atom. The van der Waals surface area contributed by atoms with E-state index in [1.54, 1.807) is 0 Å². The van der Waals surface area contributed by atoms with E-state index in [0.29, 0.717) is 6.07 Å². The molecule has 1 aromatic heterocycles. The van der Waals surface area contributed by atoms with Gasteiger partial charge in [0.15, 0.2) is 0 Å². The minimum Gasteiger partial charge on any atom is -0.368 e. The number of ether oxygens (including phenoxy) is 1. The van der Waals surface area contributed by atoms with E-state index >= 15 is 0 Å². The number of epoxide rings is 1. The lowest BCUT2D eigenvalue weighted by Gasteiger charge is -2.14. The van der Waals surface area contributed by atoms with Crippen LogP contribution < -0.4 is 0 Å². The fourth-order valence-electron chi connectivity index (χ4n) is 2.14. The SMILES string of the molecule is FC(F)(F)c1cc([C@@H]2CO2)c2cccc(C(F)(F)F)c2n1. The Bertz CT molecular complexity index is 702. The minimum atomic E-state index is -4.82. The number of aromatic nitrogens is 1. The molecule has 1 fully saturated rings. The summed E-state index contributed by atoms with van der Waals surface area (Å²) < 4.78 is 82.2. The quantitative estimate of drug-likeness (QED) is 0.578. The lowest BCUT2D eigenvalue weighted by Crippen LogP contribution is -2.12. The van der Waals surface area contributed by atoms with Gasteiger partial charge in [-0.3, -0.25) is 0 Å². The Hall–Kier alpha value is -1.83. The molecule has 1 atom stereocenters. The van der Waals surface area contributed by atoms with Gasteiger partial charge < -0.3 is 4.74 Å². The number of hydrogen-bond donors (Lipinski definition) is 0. The highest BCUT2D eigenvalue weighted by molar-refractivity contribution is 5.86. The predicted octanol–water partition coefficient (Wildman–Crippen LogP) is 4.34. The number of para-hydroxylation sites is 1. The molecule has 0 aliphatic carbocycles. The van der Waals surface area contributed by atoms with Crippen molar-refractivity contribution in [1.29, 1.82) is 0 Å². The van der Waals surface area contributed by atoms with Crippen LogP contribution in [-0.2, 0) is 17.1 Å². The first kappa shape index (κ1) is 14.1. The van der Waals surface area contributed by atoms with Crippen LogP contribution in [0.5, 0.6) is 0 Å². The van der Waals surface area contributed by atoms with Crippen LogP contribution in [0.3, 0.4) is 0 Å². The number of fused-ring (bicyclic) bond motifs is 1. The van der Waals surface area contributed by atoms with Crippen molar-refractivity contribution in [2.24, 2.45) is 0 Å². The van der Waals surface area contributed by atoms with Crippen molar-refractivity contribution in [2.75, 3.05) is 6.61 Å². The van der Waals surface area contributed by atoms with E-state index in [2.05, 4.69) is 4.98 Å². The fraction of sp³-hybridized carbons (Fsp3) is 0.308. The molecule has 2 aromatic rings. The molecule has 3 rings (SSSR count). The highest BCUT2D eigenvalue weighted by Gasteiger charge is 2.39. The molecule has 0 spiro atoms. The van der Waals surface area contributed by atoms with E-state index in [-0.39, 0.29) is 17.6 Å². The molecule has 0 radical (unpaired) electrons. The Kier molecular flexibility index (Phi) is 2.91. The van der Waals surface area contributed by atoms with Gasteiger partial charge in [0.2, 0.25) is 0 Å². The summed E-state index contributed by atoms with van der Waals surface area (Å²) in [6.07, 6.45) is -10.2. The summed E-state index contributed by atoms with van der Waals surface area (Å²) in [5, 5.41) is 0.0281. The largest absolute Gasteiger partial charge is 0.433 e. The average molecular weight is 307 g/mol. The fourth-order valence-corrected chi connectivity index (χ4v) is 2.14. The van der Waals surface area contributed by atoms with Gasteiger partial charge in [0.1, 0.15) is 11.8 Å². The van der Waals surface area contributed by atoms with Gasteiger partial charge in [-0.2, -0.15) is 26.3 Å². The third-order valence-corrected chi connectivity index (χ3v) is 3.15. The van der Waals surface area contributed by atoms with Crippen molar-refractivity contribution >= 4 is 10.9 Å². The molecular formula is C13H7F6NO. The maximum atomic E-state index is 12.9. The molecule has 0 N–H and O–H groups in total. The number of pyridine rings is 1. The van der Waals surface area contributed by atoms with Crippen LogP contribution in [0.25, 0.3) is 10.9 Å². The van der Waals surface area contributed by atoms with E-state index in [4.69, 9.17) is 4.74 Å². The van der Waals surface area contributed by atoms with Gasteiger partial charge in [-0.15, -0.1) is 0 Å². The summed E-state index contributed by atoms with van der Waals surface area (Å²) in [4.78, 5) is 3.18. The van der Waals surface area contributed by atoms with Gasteiger partial charge in [0.05, 0.1) is 17.7 Å². The van der Waals surface area contributed by atoms with Crippen molar-refractivity contribution in [3.63, 3.8) is 0 Å². The third kappa shape index (κ3) is 2.55. The van der Waals surface area contributed by atoms with Crippen LogP contribution in [0.2, 0.25) is 0 Å². The van der Waals surface area contributed by atoms with Gasteiger partial charge >= 0.3 is 12.4 Å². The summed E-state index contributed by atoms with van der Waals surface area (Å²) in [6, 6.07) is 3.92. The number of benzene rings is 1. The number of halogens is 6. The van der Waals surface area contributed by atoms with E-state index < -0.39 is 35.2 Å². The van der Waals surface area contributed by atoms with Crippen molar-refractivity contribution in [1.82, 2.24) is 4.98 Å². The number of rotatable bonds is 1. The molecule has 0 saturated carbocycles. The summed E-state index contributed by atoms with van der Waals surface area (Å²) >= 11 is 0. The predicted molar refractivity (Wildman–Crippen MR) is 60.4 cm³/mol. The molecule has 1 saturated heterocycles. The van der Waals surface area contributed by atoms with Crippen LogP contribution in [0, 0.1) is 0 Å². The Morgan fingerprint density at radius 2 is 1.71 bits per heavy atom. The molecule has 1 aliphatic rings. The zero-order valence-electron chi connectivity index (χ0n) is 10.2. The maximum absolute atomic E-state index is 12.9. The first-order valence-electron chi connectivity index (χ1n) is 5.87. The summed E-state index contributed by atoms with van der Waals surface area (Å²) in [6.45, 7) is 0.187. The topological polar surface area (TPSA) is 25.4 Å². The first-order chi connectivity index (χ1) is 9.68. The summed E-state index contributed by atoms with van der Waals surface area (Å²) in [5.74, 6) is 0. The highest BCUT2D eigenvalue weighted by atomic mass is 19.4. The van der Waals surface area contributed by atoms with Crippen molar-refractivity contribution in [3.8, 4) is 0 Å².